The Morgan fingerprint density at radius 2 is 1.78 bits per heavy atom. The average Bonchev–Trinajstić information content (AvgIpc) is 3.07. The van der Waals surface area contributed by atoms with Gasteiger partial charge in [0.05, 0.1) is 6.61 Å². The largest absolute Gasteiger partial charge is 0.459 e. The van der Waals surface area contributed by atoms with Crippen LogP contribution in [0.3, 0.4) is 0 Å². The number of nitrogens with zero attached hydrogens (tertiary/aromatic N) is 1. The smallest absolute Gasteiger partial charge is 0.453 e. The molecule has 13 nitrogen and oxygen atoms in total. The second-order valence-corrected chi connectivity index (χ2v) is 10.4. The van der Waals surface area contributed by atoms with Crippen LogP contribution in [0.5, 0.6) is 5.75 Å². The van der Waals surface area contributed by atoms with Gasteiger partial charge < -0.3 is 18.7 Å². The fourth-order valence-electron chi connectivity index (χ4n) is 3.86. The third-order valence-electron chi connectivity index (χ3n) is 5.74. The Hall–Kier alpha value is -3.32. The molecule has 4 rings (SSSR count). The number of hydrogen-bond donors (Lipinski definition) is 2. The molecule has 0 amide bonds. The number of rotatable bonds is 3. The maximum absolute atomic E-state index is 16.2. The number of carbonyl (C=O) groups excluding carboxylic acids is 2. The number of aromatic nitrogens is 2. The molecule has 0 bridgehead atoms. The van der Waals surface area contributed by atoms with Crippen LogP contribution in [-0.2, 0) is 32.9 Å². The van der Waals surface area contributed by atoms with Crippen molar-refractivity contribution in [3.63, 3.8) is 0 Å². The molecule has 0 spiro atoms. The molecule has 37 heavy (non-hydrogen) atoms. The topological polar surface area (TPSA) is 164 Å². The number of alkyl halides is 1. The second-order valence-electron chi connectivity index (χ2n) is 8.68. The Morgan fingerprint density at radius 1 is 1.08 bits per heavy atom. The number of benzene rings is 1. The summed E-state index contributed by atoms with van der Waals surface area (Å²) >= 11 is 0. The number of cyclic esters (lactones) is 1. The van der Waals surface area contributed by atoms with E-state index < -0.39 is 73.8 Å². The van der Waals surface area contributed by atoms with Crippen LogP contribution in [0.1, 0.15) is 27.0 Å². The lowest BCUT2D eigenvalue weighted by Crippen LogP contribution is -2.48. The van der Waals surface area contributed by atoms with Crippen molar-refractivity contribution in [2.45, 2.75) is 57.0 Å². The molecule has 1 aromatic heterocycles. The SMILES string of the molecule is C[C@@H]1NP(=O)(Oc2ccccc2)OC[C@H]2O[C@@H](n3ccc(=O)[nH]c3=O)[C@](C)(F)[C@@H]2OC(=O)[C@H](C)OC1=O. The third-order valence-corrected chi connectivity index (χ3v) is 7.38. The van der Waals surface area contributed by atoms with Crippen molar-refractivity contribution >= 4 is 19.7 Å². The van der Waals surface area contributed by atoms with E-state index >= 15 is 4.39 Å². The number of carbonyl (C=O) groups is 2. The number of para-hydroxylation sites is 1. The molecule has 1 aromatic carbocycles. The molecule has 0 saturated carbocycles. The summed E-state index contributed by atoms with van der Waals surface area (Å²) in [6, 6.07) is 7.68. The standard InChI is InChI=1S/C22H25FN3O10P/c1-12-18(28)33-13(2)19(29)35-17-15(11-32-37(31,25-12)36-14-7-5-4-6-8-14)34-20(22(17,3)23)26-10-9-16(27)24-21(26)30/h4-10,12-13,15,17,20H,11H2,1-3H3,(H,25,31)(H,24,27,30)/t12-,13-,15+,17+,20+,22+,37?/m0/s1. The lowest BCUT2D eigenvalue weighted by Gasteiger charge is -2.30. The maximum atomic E-state index is 16.2. The summed E-state index contributed by atoms with van der Waals surface area (Å²) in [4.78, 5) is 51.0. The van der Waals surface area contributed by atoms with Crippen molar-refractivity contribution in [3.8, 4) is 5.75 Å². The highest BCUT2D eigenvalue weighted by molar-refractivity contribution is 7.52. The van der Waals surface area contributed by atoms with E-state index in [1.54, 1.807) is 18.2 Å². The lowest BCUT2D eigenvalue weighted by molar-refractivity contribution is -0.177. The first kappa shape index (κ1) is 26.7. The molecule has 2 saturated heterocycles. The average molecular weight is 541 g/mol. The highest BCUT2D eigenvalue weighted by Crippen LogP contribution is 2.48. The van der Waals surface area contributed by atoms with Gasteiger partial charge in [0, 0.05) is 12.3 Å². The van der Waals surface area contributed by atoms with Crippen molar-refractivity contribution in [3.05, 3.63) is 63.4 Å². The molecule has 7 atom stereocenters. The third kappa shape index (κ3) is 5.67. The minimum Gasteiger partial charge on any atom is -0.453 e. The zero-order valence-electron chi connectivity index (χ0n) is 20.0. The van der Waals surface area contributed by atoms with E-state index in [1.807, 2.05) is 4.98 Å². The fraction of sp³-hybridized carbons (Fsp3) is 0.455. The predicted molar refractivity (Wildman–Crippen MR) is 123 cm³/mol. The molecule has 3 heterocycles. The molecule has 1 unspecified atom stereocenters. The van der Waals surface area contributed by atoms with Gasteiger partial charge in [0.15, 0.2) is 24.1 Å². The van der Waals surface area contributed by atoms with Crippen LogP contribution in [0.4, 0.5) is 4.39 Å². The van der Waals surface area contributed by atoms with E-state index in [0.717, 1.165) is 23.8 Å². The highest BCUT2D eigenvalue weighted by atomic mass is 31.2. The Morgan fingerprint density at radius 3 is 2.46 bits per heavy atom. The van der Waals surface area contributed by atoms with Crippen molar-refractivity contribution in [1.29, 1.82) is 0 Å². The Balaban J connectivity index is 1.70. The van der Waals surface area contributed by atoms with E-state index in [9.17, 15) is 23.7 Å². The molecule has 15 heteroatoms. The van der Waals surface area contributed by atoms with Gasteiger partial charge in [0.2, 0.25) is 0 Å². The summed E-state index contributed by atoms with van der Waals surface area (Å²) in [5.74, 6) is -1.91. The number of H-pyrrole nitrogens is 1. The van der Waals surface area contributed by atoms with Crippen molar-refractivity contribution in [2.24, 2.45) is 0 Å². The first-order chi connectivity index (χ1) is 17.4. The van der Waals surface area contributed by atoms with Crippen LogP contribution in [0.2, 0.25) is 0 Å². The summed E-state index contributed by atoms with van der Waals surface area (Å²) in [5, 5.41) is 2.44. The monoisotopic (exact) mass is 541 g/mol. The van der Waals surface area contributed by atoms with Crippen LogP contribution < -0.4 is 20.9 Å². The summed E-state index contributed by atoms with van der Waals surface area (Å²) in [6.45, 7) is 2.93. The first-order valence-electron chi connectivity index (χ1n) is 11.2. The van der Waals surface area contributed by atoms with Gasteiger partial charge >= 0.3 is 25.4 Å². The van der Waals surface area contributed by atoms with Crippen molar-refractivity contribution < 1.29 is 41.8 Å². The number of ether oxygens (including phenoxy) is 3. The van der Waals surface area contributed by atoms with E-state index in [2.05, 4.69) is 5.09 Å². The zero-order valence-corrected chi connectivity index (χ0v) is 20.9. The molecule has 0 radical (unpaired) electrons. The molecule has 0 aliphatic carbocycles. The van der Waals surface area contributed by atoms with Crippen molar-refractivity contribution in [2.75, 3.05) is 6.61 Å². The Labute approximate surface area is 209 Å². The van der Waals surface area contributed by atoms with Crippen molar-refractivity contribution in [1.82, 2.24) is 14.6 Å². The Bertz CT molecular complexity index is 1330. The second kappa shape index (κ2) is 10.2. The van der Waals surface area contributed by atoms with Gasteiger partial charge in [-0.15, -0.1) is 0 Å². The summed E-state index contributed by atoms with van der Waals surface area (Å²) in [6.07, 6.45) is -5.20. The predicted octanol–water partition coefficient (Wildman–Crippen LogP) is 1.20. The van der Waals surface area contributed by atoms with Crippen LogP contribution in [0.15, 0.2) is 52.2 Å². The van der Waals surface area contributed by atoms with Gasteiger partial charge in [0.1, 0.15) is 17.9 Å². The van der Waals surface area contributed by atoms with Crippen LogP contribution in [0.25, 0.3) is 0 Å². The van der Waals surface area contributed by atoms with Gasteiger partial charge in [-0.2, -0.15) is 5.09 Å². The number of esters is 2. The number of aromatic amines is 1. The molecule has 2 aromatic rings. The minimum absolute atomic E-state index is 0.141. The number of hydrogen-bond acceptors (Lipinski definition) is 10. The zero-order chi connectivity index (χ0) is 27.0. The van der Waals surface area contributed by atoms with Gasteiger partial charge in [0.25, 0.3) is 5.56 Å². The molecule has 2 N–H and O–H groups in total. The van der Waals surface area contributed by atoms with Gasteiger partial charge in [-0.1, -0.05) is 18.2 Å². The normalized spacial score (nSPS) is 34.9. The molecular weight excluding hydrogens is 516 g/mol. The molecule has 2 aliphatic rings. The molecular formula is C22H25FN3O10P. The van der Waals surface area contributed by atoms with E-state index in [1.165, 1.54) is 26.0 Å². The molecule has 200 valence electrons. The fourth-order valence-corrected chi connectivity index (χ4v) is 5.36. The lowest BCUT2D eigenvalue weighted by atomic mass is 9.98. The van der Waals surface area contributed by atoms with Crippen LogP contribution >= 0.6 is 7.75 Å². The molecule has 2 aliphatic heterocycles. The van der Waals surface area contributed by atoms with Crippen LogP contribution in [0, 0.1) is 0 Å². The van der Waals surface area contributed by atoms with E-state index in [4.69, 9.17) is 23.3 Å². The van der Waals surface area contributed by atoms with E-state index in [0.29, 0.717) is 0 Å². The van der Waals surface area contributed by atoms with Gasteiger partial charge in [-0.25, -0.2) is 18.5 Å². The number of nitrogens with one attached hydrogen (secondary N) is 2. The quantitative estimate of drug-likeness (QED) is 0.424. The van der Waals surface area contributed by atoms with E-state index in [-0.39, 0.29) is 5.75 Å². The summed E-state index contributed by atoms with van der Waals surface area (Å²) < 4.78 is 57.7. The highest BCUT2D eigenvalue weighted by Gasteiger charge is 2.59. The van der Waals surface area contributed by atoms with Gasteiger partial charge in [-0.3, -0.25) is 23.7 Å². The van der Waals surface area contributed by atoms with Crippen LogP contribution in [-0.4, -0.2) is 58.1 Å². The number of fused-ring (bicyclic) bond motifs is 1. The number of halogens is 1. The maximum Gasteiger partial charge on any atom is 0.459 e. The minimum atomic E-state index is -4.32. The molecule has 2 fully saturated rings. The summed E-state index contributed by atoms with van der Waals surface area (Å²) in [7, 11) is -4.32. The Kier molecular flexibility index (Phi) is 7.38. The van der Waals surface area contributed by atoms with Gasteiger partial charge in [-0.05, 0) is 32.9 Å². The first-order valence-corrected chi connectivity index (χ1v) is 12.8. The summed E-state index contributed by atoms with van der Waals surface area (Å²) in [5.41, 5.74) is -4.23.